The van der Waals surface area contributed by atoms with Crippen molar-refractivity contribution in [3.63, 3.8) is 0 Å². The SMILES string of the molecule is NC(=O)C12C(=O)CN(S(=O)(=O)C(=O)c3cccnc3)C1CCN2C(=O)[CH]Cc1ccc(O)cc1. The van der Waals surface area contributed by atoms with Crippen molar-refractivity contribution in [1.29, 1.82) is 0 Å². The number of carbonyl (C=O) groups is 4. The molecule has 177 valence electrons. The Kier molecular flexibility index (Phi) is 5.96. The van der Waals surface area contributed by atoms with Crippen LogP contribution >= 0.6 is 0 Å². The van der Waals surface area contributed by atoms with Crippen LogP contribution in [0.5, 0.6) is 5.75 Å². The molecular weight excluding hydrogens is 464 g/mol. The molecule has 12 heteroatoms. The van der Waals surface area contributed by atoms with Crippen molar-refractivity contribution in [2.75, 3.05) is 13.1 Å². The van der Waals surface area contributed by atoms with E-state index in [1.54, 1.807) is 12.1 Å². The van der Waals surface area contributed by atoms with Gasteiger partial charge in [-0.2, -0.15) is 4.31 Å². The third-order valence-electron chi connectivity index (χ3n) is 6.14. The average Bonchev–Trinajstić information content (AvgIpc) is 3.36. The van der Waals surface area contributed by atoms with Crippen molar-refractivity contribution in [2.24, 2.45) is 5.73 Å². The van der Waals surface area contributed by atoms with Crippen LogP contribution in [0, 0.1) is 6.42 Å². The molecule has 1 radical (unpaired) electrons. The number of phenolic OH excluding ortho intramolecular Hbond substituents is 1. The summed E-state index contributed by atoms with van der Waals surface area (Å²) in [6.45, 7) is -0.860. The number of hydrogen-bond acceptors (Lipinski definition) is 8. The molecule has 34 heavy (non-hydrogen) atoms. The van der Waals surface area contributed by atoms with Gasteiger partial charge in [0.1, 0.15) is 5.75 Å². The van der Waals surface area contributed by atoms with E-state index in [1.165, 1.54) is 36.9 Å². The Hall–Kier alpha value is -3.64. The van der Waals surface area contributed by atoms with Crippen molar-refractivity contribution in [3.8, 4) is 5.75 Å². The van der Waals surface area contributed by atoms with Gasteiger partial charge in [0.25, 0.3) is 21.0 Å². The summed E-state index contributed by atoms with van der Waals surface area (Å²) in [5.74, 6) is -2.63. The fourth-order valence-electron chi connectivity index (χ4n) is 4.53. The fraction of sp³-hybridized carbons (Fsp3) is 0.273. The van der Waals surface area contributed by atoms with Gasteiger partial charge in [0.05, 0.1) is 24.6 Å². The molecule has 2 aliphatic rings. The van der Waals surface area contributed by atoms with Gasteiger partial charge in [-0.15, -0.1) is 0 Å². The molecule has 3 heterocycles. The molecule has 2 saturated heterocycles. The number of pyridine rings is 1. The predicted molar refractivity (Wildman–Crippen MR) is 117 cm³/mol. The Morgan fingerprint density at radius 3 is 2.53 bits per heavy atom. The van der Waals surface area contributed by atoms with E-state index in [1.807, 2.05) is 0 Å². The molecule has 0 spiro atoms. The summed E-state index contributed by atoms with van der Waals surface area (Å²) in [4.78, 5) is 56.2. The molecule has 2 aromatic rings. The Bertz CT molecular complexity index is 1260. The van der Waals surface area contributed by atoms with Gasteiger partial charge in [-0.1, -0.05) is 12.1 Å². The van der Waals surface area contributed by atoms with E-state index in [0.717, 1.165) is 11.1 Å². The highest BCUT2D eigenvalue weighted by molar-refractivity contribution is 8.04. The van der Waals surface area contributed by atoms with E-state index in [0.29, 0.717) is 9.87 Å². The molecule has 2 amide bonds. The zero-order valence-electron chi connectivity index (χ0n) is 17.8. The quantitative estimate of drug-likeness (QED) is 0.512. The lowest BCUT2D eigenvalue weighted by Crippen LogP contribution is -2.64. The maximum absolute atomic E-state index is 13.1. The first kappa shape index (κ1) is 23.5. The van der Waals surface area contributed by atoms with E-state index in [4.69, 9.17) is 5.73 Å². The molecule has 2 unspecified atom stereocenters. The first-order valence-corrected chi connectivity index (χ1v) is 11.8. The summed E-state index contributed by atoms with van der Waals surface area (Å²) in [7, 11) is -4.71. The van der Waals surface area contributed by atoms with E-state index in [-0.39, 0.29) is 30.7 Å². The van der Waals surface area contributed by atoms with E-state index < -0.39 is 50.9 Å². The predicted octanol–water partition coefficient (Wildman–Crippen LogP) is -0.586. The number of fused-ring (bicyclic) bond motifs is 1. The van der Waals surface area contributed by atoms with Gasteiger partial charge >= 0.3 is 0 Å². The molecule has 2 atom stereocenters. The van der Waals surface area contributed by atoms with Gasteiger partial charge in [-0.25, -0.2) is 8.42 Å². The molecule has 2 aliphatic heterocycles. The molecule has 4 rings (SSSR count). The number of hydrogen-bond donors (Lipinski definition) is 2. The van der Waals surface area contributed by atoms with Gasteiger partial charge < -0.3 is 15.7 Å². The third kappa shape index (κ3) is 3.64. The van der Waals surface area contributed by atoms with Crippen LogP contribution in [-0.2, 0) is 30.8 Å². The minimum Gasteiger partial charge on any atom is -0.508 e. The number of aromatic hydroxyl groups is 1. The second-order valence-electron chi connectivity index (χ2n) is 8.00. The molecular formula is C22H21N4O7S. The lowest BCUT2D eigenvalue weighted by atomic mass is 9.89. The first-order chi connectivity index (χ1) is 16.1. The smallest absolute Gasteiger partial charge is 0.293 e. The minimum absolute atomic E-state index is 0.0486. The number of likely N-dealkylation sites (tertiary alicyclic amines) is 1. The summed E-state index contributed by atoms with van der Waals surface area (Å²) in [6.07, 6.45) is 3.81. The zero-order chi connectivity index (χ0) is 24.7. The summed E-state index contributed by atoms with van der Waals surface area (Å²) >= 11 is 0. The highest BCUT2D eigenvalue weighted by atomic mass is 32.2. The number of Topliss-reactive ketones (excluding diaryl/α,β-unsaturated/α-hetero) is 1. The Morgan fingerprint density at radius 2 is 1.91 bits per heavy atom. The number of rotatable bonds is 6. The Balaban J connectivity index is 1.61. The molecule has 1 aromatic heterocycles. The van der Waals surface area contributed by atoms with Crippen LogP contribution in [0.1, 0.15) is 22.3 Å². The van der Waals surface area contributed by atoms with Crippen LogP contribution in [0.3, 0.4) is 0 Å². The van der Waals surface area contributed by atoms with Gasteiger partial charge in [0, 0.05) is 18.9 Å². The highest BCUT2D eigenvalue weighted by Crippen LogP contribution is 2.41. The van der Waals surface area contributed by atoms with Gasteiger partial charge in [0.15, 0.2) is 11.3 Å². The summed E-state index contributed by atoms with van der Waals surface area (Å²) in [5.41, 5.74) is 3.89. The van der Waals surface area contributed by atoms with Crippen molar-refractivity contribution >= 4 is 32.7 Å². The summed E-state index contributed by atoms with van der Waals surface area (Å²) in [5, 5.41) is 8.11. The maximum atomic E-state index is 13.1. The van der Waals surface area contributed by atoms with E-state index >= 15 is 0 Å². The standard InChI is InChI=1S/C22H21N4O7S/c23-21(31)22-17(9-11-25(22)19(29)8-5-14-3-6-16(27)7-4-14)26(13-18(22)28)34(32,33)20(30)15-2-1-10-24-12-15/h1-4,6-8,10,12,17,27H,5,9,11,13H2,(H2,23,31). The van der Waals surface area contributed by atoms with Crippen LogP contribution in [0.2, 0.25) is 0 Å². The van der Waals surface area contributed by atoms with Crippen LogP contribution < -0.4 is 5.73 Å². The Morgan fingerprint density at radius 1 is 1.21 bits per heavy atom. The number of ketones is 1. The zero-order valence-corrected chi connectivity index (χ0v) is 18.6. The van der Waals surface area contributed by atoms with E-state index in [2.05, 4.69) is 4.98 Å². The second-order valence-corrected chi connectivity index (χ2v) is 9.79. The molecule has 3 N–H and O–H groups in total. The van der Waals surface area contributed by atoms with Crippen LogP contribution in [-0.4, -0.2) is 75.1 Å². The number of amides is 2. The molecule has 0 saturated carbocycles. The van der Waals surface area contributed by atoms with Crippen molar-refractivity contribution in [2.45, 2.75) is 24.4 Å². The molecule has 11 nitrogen and oxygen atoms in total. The number of primary amides is 1. The number of nitrogens with two attached hydrogens (primary N) is 1. The monoisotopic (exact) mass is 485 g/mol. The van der Waals surface area contributed by atoms with Crippen LogP contribution in [0.25, 0.3) is 0 Å². The largest absolute Gasteiger partial charge is 0.508 e. The first-order valence-electron chi connectivity index (χ1n) is 10.3. The average molecular weight is 485 g/mol. The maximum Gasteiger partial charge on any atom is 0.293 e. The topological polar surface area (TPSA) is 168 Å². The minimum atomic E-state index is -4.71. The van der Waals surface area contributed by atoms with Gasteiger partial charge in [0.2, 0.25) is 5.91 Å². The molecule has 0 bridgehead atoms. The normalized spacial score (nSPS) is 22.5. The summed E-state index contributed by atoms with van der Waals surface area (Å²) < 4.78 is 26.9. The second kappa shape index (κ2) is 8.61. The Labute approximate surface area is 195 Å². The van der Waals surface area contributed by atoms with Crippen molar-refractivity contribution < 1.29 is 32.7 Å². The third-order valence-corrected chi connectivity index (χ3v) is 7.84. The van der Waals surface area contributed by atoms with Crippen molar-refractivity contribution in [3.05, 3.63) is 66.3 Å². The van der Waals surface area contributed by atoms with Crippen molar-refractivity contribution in [1.82, 2.24) is 14.2 Å². The molecule has 1 aromatic carbocycles. The number of sulfonamides is 1. The number of carbonyl (C=O) groups excluding carboxylic acids is 4. The fourth-order valence-corrected chi connectivity index (χ4v) is 6.05. The van der Waals surface area contributed by atoms with Gasteiger partial charge in [-0.3, -0.25) is 24.2 Å². The van der Waals surface area contributed by atoms with E-state index in [9.17, 15) is 32.7 Å². The number of benzene rings is 1. The van der Waals surface area contributed by atoms with Gasteiger partial charge in [-0.05, 0) is 42.7 Å². The number of nitrogens with zero attached hydrogens (tertiary/aromatic N) is 3. The number of aromatic nitrogens is 1. The lowest BCUT2D eigenvalue weighted by Gasteiger charge is -2.34. The van der Waals surface area contributed by atoms with Crippen LogP contribution in [0.4, 0.5) is 0 Å². The number of phenols is 1. The molecule has 2 fully saturated rings. The van der Waals surface area contributed by atoms with Crippen LogP contribution in [0.15, 0.2) is 48.8 Å². The molecule has 0 aliphatic carbocycles. The summed E-state index contributed by atoms with van der Waals surface area (Å²) in [6, 6.07) is 7.48. The highest BCUT2D eigenvalue weighted by Gasteiger charge is 2.68. The lowest BCUT2D eigenvalue weighted by molar-refractivity contribution is -0.147.